The van der Waals surface area contributed by atoms with Gasteiger partial charge in [0.15, 0.2) is 16.9 Å². The van der Waals surface area contributed by atoms with Crippen LogP contribution in [0.5, 0.6) is 0 Å². The molecule has 0 bridgehead atoms. The van der Waals surface area contributed by atoms with Crippen molar-refractivity contribution in [2.45, 2.75) is 23.1 Å². The average Bonchev–Trinajstić information content (AvgIpc) is 3.79. The molecular formula is C48H40ClN5O5S2. The third kappa shape index (κ3) is 8.47. The number of carbonyl (C=O) groups is 3. The number of hydrogen-bond acceptors (Lipinski definition) is 10. The van der Waals surface area contributed by atoms with E-state index >= 15 is 0 Å². The molecule has 2 N–H and O–H groups in total. The first-order chi connectivity index (χ1) is 29.9. The van der Waals surface area contributed by atoms with Crippen molar-refractivity contribution in [2.75, 3.05) is 24.1 Å². The van der Waals surface area contributed by atoms with Crippen molar-refractivity contribution >= 4 is 63.3 Å². The first-order valence-corrected chi connectivity index (χ1v) is 21.9. The zero-order valence-electron chi connectivity index (χ0n) is 32.9. The summed E-state index contributed by atoms with van der Waals surface area (Å²) in [6.07, 6.45) is 2.73. The van der Waals surface area contributed by atoms with E-state index in [1.54, 1.807) is 17.5 Å². The number of anilines is 1. The number of esters is 1. The van der Waals surface area contributed by atoms with E-state index < -0.39 is 40.8 Å². The summed E-state index contributed by atoms with van der Waals surface area (Å²) in [7, 11) is 1.34. The number of nitrogens with zero attached hydrogens (tertiary/aromatic N) is 3. The Labute approximate surface area is 367 Å². The predicted octanol–water partition coefficient (Wildman–Crippen LogP) is 8.68. The fourth-order valence-electron chi connectivity index (χ4n) is 7.58. The molecule has 2 atom stereocenters. The fraction of sp³-hybridized carbons (Fsp3) is 0.146. The summed E-state index contributed by atoms with van der Waals surface area (Å²) in [4.78, 5) is 53.9. The fourth-order valence-corrected chi connectivity index (χ4v) is 9.74. The van der Waals surface area contributed by atoms with Crippen LogP contribution in [-0.4, -0.2) is 63.5 Å². The largest absolute Gasteiger partial charge is 0.448 e. The molecule has 2 aliphatic rings. The normalized spacial score (nSPS) is 16.5. The summed E-state index contributed by atoms with van der Waals surface area (Å²) in [6, 6.07) is 48.2. The van der Waals surface area contributed by atoms with Gasteiger partial charge in [-0.15, -0.1) is 34.7 Å². The van der Waals surface area contributed by atoms with Crippen LogP contribution in [0, 0.1) is 0 Å². The van der Waals surface area contributed by atoms with Crippen LogP contribution in [0.3, 0.4) is 0 Å². The van der Waals surface area contributed by atoms with Gasteiger partial charge in [0.2, 0.25) is 0 Å². The van der Waals surface area contributed by atoms with Crippen LogP contribution < -0.4 is 10.6 Å². The first-order valence-electron chi connectivity index (χ1n) is 19.5. The summed E-state index contributed by atoms with van der Waals surface area (Å²) in [5, 5.41) is 12.3. The number of carbonyl (C=O) groups excluding carboxylic acids is 3. The minimum atomic E-state index is -0.974. The van der Waals surface area contributed by atoms with Crippen LogP contribution in [0.25, 0.3) is 0 Å². The van der Waals surface area contributed by atoms with Gasteiger partial charge in [0, 0.05) is 17.0 Å². The number of thioether (sulfide) groups is 1. The molecule has 13 heteroatoms. The van der Waals surface area contributed by atoms with Gasteiger partial charge in [0.05, 0.1) is 0 Å². The minimum absolute atomic E-state index is 0.109. The monoisotopic (exact) mass is 865 g/mol. The molecule has 3 heterocycles. The molecule has 1 saturated heterocycles. The van der Waals surface area contributed by atoms with Crippen LogP contribution in [0.2, 0.25) is 0 Å². The van der Waals surface area contributed by atoms with Crippen molar-refractivity contribution in [2.24, 2.45) is 5.16 Å². The Hall–Kier alpha value is -6.47. The molecule has 61 heavy (non-hydrogen) atoms. The van der Waals surface area contributed by atoms with E-state index in [2.05, 4.69) is 52.2 Å². The quantitative estimate of drug-likeness (QED) is 0.0263. The van der Waals surface area contributed by atoms with E-state index in [0.29, 0.717) is 16.5 Å². The van der Waals surface area contributed by atoms with E-state index in [9.17, 15) is 14.4 Å². The molecule has 10 nitrogen and oxygen atoms in total. The second kappa shape index (κ2) is 18.8. The number of thiazole rings is 1. The second-order valence-electron chi connectivity index (χ2n) is 14.0. The van der Waals surface area contributed by atoms with E-state index in [1.807, 2.05) is 115 Å². The number of nitrogens with one attached hydrogen (secondary N) is 2. The predicted molar refractivity (Wildman–Crippen MR) is 241 cm³/mol. The van der Waals surface area contributed by atoms with Crippen LogP contribution in [-0.2, 0) is 29.5 Å². The number of benzene rings is 5. The van der Waals surface area contributed by atoms with Crippen molar-refractivity contribution in [3.05, 3.63) is 214 Å². The molecule has 5 aromatic carbocycles. The molecular weight excluding hydrogens is 826 g/mol. The molecule has 6 aromatic rings. The minimum Gasteiger partial charge on any atom is -0.448 e. The van der Waals surface area contributed by atoms with Crippen molar-refractivity contribution in [1.82, 2.24) is 15.2 Å². The van der Waals surface area contributed by atoms with Gasteiger partial charge in [-0.1, -0.05) is 169 Å². The maximum atomic E-state index is 14.3. The van der Waals surface area contributed by atoms with Crippen molar-refractivity contribution in [3.8, 4) is 0 Å². The highest BCUT2D eigenvalue weighted by Gasteiger charge is 2.55. The third-order valence-corrected chi connectivity index (χ3v) is 12.6. The topological polar surface area (TPSA) is 122 Å². The Balaban J connectivity index is 1.05. The maximum absolute atomic E-state index is 14.3. The summed E-state index contributed by atoms with van der Waals surface area (Å²) in [5.74, 6) is -1.22. The molecule has 8 rings (SSSR count). The molecule has 306 valence electrons. The lowest BCUT2D eigenvalue weighted by Crippen LogP contribution is -2.71. The zero-order valence-corrected chi connectivity index (χ0v) is 35.3. The number of alkyl halides is 1. The highest BCUT2D eigenvalue weighted by molar-refractivity contribution is 8.00. The molecule has 1 aromatic heterocycles. The Morgan fingerprint density at radius 2 is 1.38 bits per heavy atom. The maximum Gasteiger partial charge on any atom is 0.356 e. The lowest BCUT2D eigenvalue weighted by Gasteiger charge is -2.49. The number of hydrogen-bond donors (Lipinski definition) is 2. The van der Waals surface area contributed by atoms with Gasteiger partial charge in [0.1, 0.15) is 35.5 Å². The smallest absolute Gasteiger partial charge is 0.356 e. The molecule has 2 aliphatic heterocycles. The van der Waals surface area contributed by atoms with Gasteiger partial charge < -0.3 is 20.2 Å². The van der Waals surface area contributed by atoms with Gasteiger partial charge in [-0.3, -0.25) is 14.5 Å². The van der Waals surface area contributed by atoms with Gasteiger partial charge >= 0.3 is 5.97 Å². The molecule has 1 unspecified atom stereocenters. The Kier molecular flexibility index (Phi) is 12.8. The molecule has 0 spiro atoms. The Morgan fingerprint density at radius 1 is 0.852 bits per heavy atom. The van der Waals surface area contributed by atoms with Crippen LogP contribution in [0.15, 0.2) is 186 Å². The number of allylic oxidation sites excluding steroid dienone is 2. The lowest BCUT2D eigenvalue weighted by molar-refractivity contribution is -0.154. The molecule has 0 saturated carbocycles. The lowest BCUT2D eigenvalue weighted by atomic mass is 9.77. The SMILES string of the molecule is CO/N=C(\C(=O)NC1C(=O)N2C(C(=O)OC(c3ccccc3)c3ccccc3)=C(/C=C\CCl)CS[C@H]12)c1csc(NC(c2ccccc2)(c2ccccc2)c2ccccc2)n1. The average molecular weight is 866 g/mol. The summed E-state index contributed by atoms with van der Waals surface area (Å²) >= 11 is 8.74. The van der Waals surface area contributed by atoms with Crippen molar-refractivity contribution < 1.29 is 24.0 Å². The van der Waals surface area contributed by atoms with E-state index in [-0.39, 0.29) is 23.0 Å². The van der Waals surface area contributed by atoms with Crippen molar-refractivity contribution in [1.29, 1.82) is 0 Å². The Bertz CT molecular complexity index is 2440. The highest BCUT2D eigenvalue weighted by Crippen LogP contribution is 2.43. The third-order valence-electron chi connectivity index (χ3n) is 10.4. The summed E-state index contributed by atoms with van der Waals surface area (Å²) in [6.45, 7) is 0. The van der Waals surface area contributed by atoms with Crippen LogP contribution >= 0.6 is 34.7 Å². The Morgan fingerprint density at radius 3 is 1.89 bits per heavy atom. The number of halogens is 1. The number of rotatable bonds is 15. The van der Waals surface area contributed by atoms with Gasteiger partial charge in [0.25, 0.3) is 11.8 Å². The summed E-state index contributed by atoms with van der Waals surface area (Å²) < 4.78 is 6.24. The van der Waals surface area contributed by atoms with Gasteiger partial charge in [-0.05, 0) is 33.4 Å². The number of amides is 2. The second-order valence-corrected chi connectivity index (χ2v) is 16.3. The first kappa shape index (κ1) is 41.3. The van der Waals surface area contributed by atoms with Gasteiger partial charge in [-0.25, -0.2) is 9.78 Å². The van der Waals surface area contributed by atoms with E-state index in [1.165, 1.54) is 35.1 Å². The molecule has 1 fully saturated rings. The highest BCUT2D eigenvalue weighted by atomic mass is 35.5. The van der Waals surface area contributed by atoms with Crippen molar-refractivity contribution in [3.63, 3.8) is 0 Å². The number of oxime groups is 1. The van der Waals surface area contributed by atoms with Crippen LogP contribution in [0.4, 0.5) is 5.13 Å². The number of β-lactam (4-membered cyclic amide) rings is 1. The zero-order chi connectivity index (χ0) is 42.2. The number of ether oxygens (including phenoxy) is 1. The molecule has 0 aliphatic carbocycles. The summed E-state index contributed by atoms with van der Waals surface area (Å²) in [5.41, 5.74) is 4.49. The number of aromatic nitrogens is 1. The van der Waals surface area contributed by atoms with Crippen LogP contribution in [0.1, 0.15) is 39.6 Å². The molecule has 0 radical (unpaired) electrons. The number of fused-ring (bicyclic) bond motifs is 1. The van der Waals surface area contributed by atoms with E-state index in [0.717, 1.165) is 27.8 Å². The van der Waals surface area contributed by atoms with E-state index in [4.69, 9.17) is 26.2 Å². The molecule has 2 amide bonds. The van der Waals surface area contributed by atoms with Gasteiger partial charge in [-0.2, -0.15) is 0 Å². The standard InChI is InChI=1S/C48H40ClN5O5S2/c1-58-53-39(38-31-61-47(50-38)52-48(35-23-11-4-12-24-35,36-25-13-5-14-26-36)37-27-15-6-16-28-37)43(55)51-40-44(56)54-41(34(22-17-29-49)30-60-45(40)54)46(57)59-42(32-18-7-2-8-19-32)33-20-9-3-10-21-33/h2-28,31,40,42,45H,29-30H2,1H3,(H,50,52)(H,51,55)/b22-17-,53-39-/t40?,45-/m1/s1.